The average Bonchev–Trinajstić information content (AvgIpc) is 3.97. The number of benzene rings is 2. The smallest absolute Gasteiger partial charge is 0.411 e. The lowest BCUT2D eigenvalue weighted by atomic mass is 9.98. The standard InChI is InChI=1S/C52H54N10O8/c1-51(2,3)69-49(64)59-27-23-35(67-40-15-11-13-32-19-21-37(53-44(32)40)46-57-55-42-17-7-9-25-61(42)46)29-34(59)31-66-48(63)39-30-36(24-28-60(39)50(65)70-52(4,5)6)68-41-16-12-14-33-20-22-38(54-45(33)41)47-58-56-43-18-8-10-26-62(43)47/h7-22,25-26,34-36,39H,23-24,27-31H2,1-6H3/t34-,35-,36-,39-/m0/s1. The number of nitrogens with zero attached hydrogens (tertiary/aromatic N) is 10. The van der Waals surface area contributed by atoms with E-state index >= 15 is 0 Å². The lowest BCUT2D eigenvalue weighted by molar-refractivity contribution is -0.155. The van der Waals surface area contributed by atoms with E-state index in [2.05, 4.69) is 20.4 Å². The van der Waals surface area contributed by atoms with Gasteiger partial charge in [-0.3, -0.25) is 13.7 Å². The maximum absolute atomic E-state index is 14.5. The molecule has 10 rings (SSSR count). The minimum Gasteiger partial charge on any atom is -0.488 e. The van der Waals surface area contributed by atoms with E-state index in [1.54, 1.807) is 46.4 Å². The number of piperidine rings is 2. The van der Waals surface area contributed by atoms with Gasteiger partial charge >= 0.3 is 18.2 Å². The number of para-hydroxylation sites is 2. The van der Waals surface area contributed by atoms with Gasteiger partial charge < -0.3 is 28.6 Å². The SMILES string of the molecule is CC(C)(C)OC(=O)N1CC[C@H](Oc2cccc3ccc(-c4nnc5ccccn45)nc23)C[C@H]1COC(=O)[C@@H]1C[C@@H](Oc2cccc3ccc(-c4nnc5ccccn45)nc23)CCN1C(=O)OC(C)(C)C. The summed E-state index contributed by atoms with van der Waals surface area (Å²) in [4.78, 5) is 55.1. The molecule has 0 saturated carbocycles. The monoisotopic (exact) mass is 946 g/mol. The van der Waals surface area contributed by atoms with E-state index < -0.39 is 53.6 Å². The van der Waals surface area contributed by atoms with Crippen LogP contribution in [0.2, 0.25) is 0 Å². The van der Waals surface area contributed by atoms with Crippen molar-refractivity contribution in [3.63, 3.8) is 0 Å². The number of fused-ring (bicyclic) bond motifs is 4. The highest BCUT2D eigenvalue weighted by molar-refractivity contribution is 5.88. The zero-order valence-electron chi connectivity index (χ0n) is 39.9. The van der Waals surface area contributed by atoms with Crippen molar-refractivity contribution < 1.29 is 38.1 Å². The van der Waals surface area contributed by atoms with Crippen LogP contribution in [0.25, 0.3) is 56.1 Å². The molecule has 8 heterocycles. The van der Waals surface area contributed by atoms with Crippen LogP contribution in [0.4, 0.5) is 9.59 Å². The van der Waals surface area contributed by atoms with Crippen LogP contribution in [-0.2, 0) is 19.0 Å². The Kier molecular flexibility index (Phi) is 12.2. The number of carbonyl (C=O) groups excluding carboxylic acids is 3. The first kappa shape index (κ1) is 45.9. The first-order chi connectivity index (χ1) is 33.6. The number of likely N-dealkylation sites (tertiary alicyclic amines) is 2. The van der Waals surface area contributed by atoms with Gasteiger partial charge in [-0.2, -0.15) is 0 Å². The molecule has 8 aromatic rings. The molecule has 70 heavy (non-hydrogen) atoms. The normalized spacial score (nSPS) is 18.8. The van der Waals surface area contributed by atoms with Crippen LogP contribution in [0.15, 0.2) is 109 Å². The highest BCUT2D eigenvalue weighted by Gasteiger charge is 2.42. The molecule has 6 aromatic heterocycles. The molecule has 2 aliphatic rings. The number of hydrogen-bond acceptors (Lipinski definition) is 14. The summed E-state index contributed by atoms with van der Waals surface area (Å²) in [6.45, 7) is 11.0. The van der Waals surface area contributed by atoms with Gasteiger partial charge in [-0.25, -0.2) is 24.4 Å². The lowest BCUT2D eigenvalue weighted by Crippen LogP contribution is -2.55. The first-order valence-electron chi connectivity index (χ1n) is 23.5. The topological polar surface area (TPSA) is 190 Å². The summed E-state index contributed by atoms with van der Waals surface area (Å²) in [5.74, 6) is 1.60. The van der Waals surface area contributed by atoms with Crippen LogP contribution < -0.4 is 9.47 Å². The highest BCUT2D eigenvalue weighted by atomic mass is 16.6. The second-order valence-electron chi connectivity index (χ2n) is 19.6. The van der Waals surface area contributed by atoms with Crippen molar-refractivity contribution in [2.24, 2.45) is 0 Å². The summed E-state index contributed by atoms with van der Waals surface area (Å²) < 4.78 is 35.0. The van der Waals surface area contributed by atoms with Crippen LogP contribution in [0.5, 0.6) is 11.5 Å². The predicted octanol–water partition coefficient (Wildman–Crippen LogP) is 8.74. The second-order valence-corrected chi connectivity index (χ2v) is 19.6. The van der Waals surface area contributed by atoms with Gasteiger partial charge in [0.2, 0.25) is 0 Å². The van der Waals surface area contributed by atoms with Gasteiger partial charge in [0.25, 0.3) is 0 Å². The minimum atomic E-state index is -1.07. The lowest BCUT2D eigenvalue weighted by Gasteiger charge is -2.41. The Morgan fingerprint density at radius 1 is 0.571 bits per heavy atom. The highest BCUT2D eigenvalue weighted by Crippen LogP contribution is 2.34. The van der Waals surface area contributed by atoms with Crippen molar-refractivity contribution in [1.82, 2.24) is 49.0 Å². The third-order valence-electron chi connectivity index (χ3n) is 12.2. The average molecular weight is 947 g/mol. The van der Waals surface area contributed by atoms with E-state index in [1.165, 1.54) is 4.90 Å². The van der Waals surface area contributed by atoms with Gasteiger partial charge in [-0.1, -0.05) is 48.5 Å². The van der Waals surface area contributed by atoms with Gasteiger partial charge in [0.15, 0.2) is 22.9 Å². The van der Waals surface area contributed by atoms with Gasteiger partial charge in [0.05, 0.1) is 6.04 Å². The number of amides is 2. The summed E-state index contributed by atoms with van der Waals surface area (Å²) in [5, 5.41) is 19.1. The Bertz CT molecular complexity index is 3250. The van der Waals surface area contributed by atoms with Crippen molar-refractivity contribution in [2.75, 3.05) is 19.7 Å². The molecule has 2 saturated heterocycles. The van der Waals surface area contributed by atoms with Crippen molar-refractivity contribution in [1.29, 1.82) is 0 Å². The van der Waals surface area contributed by atoms with Crippen molar-refractivity contribution in [3.8, 4) is 34.5 Å². The molecular formula is C52H54N10O8. The minimum absolute atomic E-state index is 0.107. The van der Waals surface area contributed by atoms with Crippen LogP contribution >= 0.6 is 0 Å². The molecule has 2 aliphatic heterocycles. The summed E-state index contributed by atoms with van der Waals surface area (Å²) >= 11 is 0. The van der Waals surface area contributed by atoms with Crippen LogP contribution in [0.3, 0.4) is 0 Å². The summed E-state index contributed by atoms with van der Waals surface area (Å²) in [6, 6.07) is 28.8. The summed E-state index contributed by atoms with van der Waals surface area (Å²) in [5.41, 5.74) is 2.30. The summed E-state index contributed by atoms with van der Waals surface area (Å²) in [7, 11) is 0. The Balaban J connectivity index is 0.889. The van der Waals surface area contributed by atoms with Gasteiger partial charge in [0.1, 0.15) is 70.0 Å². The van der Waals surface area contributed by atoms with E-state index in [4.69, 9.17) is 33.7 Å². The van der Waals surface area contributed by atoms with Crippen LogP contribution in [-0.4, -0.2) is 122 Å². The maximum Gasteiger partial charge on any atom is 0.411 e. The molecule has 2 fully saturated rings. The first-order valence-corrected chi connectivity index (χ1v) is 23.5. The molecule has 2 amide bonds. The fourth-order valence-electron chi connectivity index (χ4n) is 8.99. The third-order valence-corrected chi connectivity index (χ3v) is 12.2. The number of pyridine rings is 4. The van der Waals surface area contributed by atoms with Gasteiger partial charge in [-0.15, -0.1) is 20.4 Å². The second kappa shape index (κ2) is 18.5. The molecule has 18 nitrogen and oxygen atoms in total. The Morgan fingerprint density at radius 2 is 1.07 bits per heavy atom. The molecule has 0 N–H and O–H groups in total. The molecule has 0 aliphatic carbocycles. The number of hydrogen-bond donors (Lipinski definition) is 0. The third kappa shape index (κ3) is 9.70. The predicted molar refractivity (Wildman–Crippen MR) is 259 cm³/mol. The van der Waals surface area contributed by atoms with Crippen molar-refractivity contribution in [2.45, 2.75) is 103 Å². The van der Waals surface area contributed by atoms with Crippen molar-refractivity contribution in [3.05, 3.63) is 109 Å². The van der Waals surface area contributed by atoms with E-state index in [0.29, 0.717) is 76.1 Å². The molecule has 0 unspecified atom stereocenters. The van der Waals surface area contributed by atoms with E-state index in [-0.39, 0.29) is 26.1 Å². The Morgan fingerprint density at radius 3 is 1.60 bits per heavy atom. The fraction of sp³-hybridized carbons (Fsp3) is 0.365. The largest absolute Gasteiger partial charge is 0.488 e. The number of ether oxygens (including phenoxy) is 5. The number of aromatic nitrogens is 8. The molecule has 0 radical (unpaired) electrons. The number of rotatable bonds is 9. The molecule has 0 spiro atoms. The number of carbonyl (C=O) groups is 3. The molecule has 2 aromatic carbocycles. The van der Waals surface area contributed by atoms with E-state index in [1.807, 2.05) is 118 Å². The molecule has 18 heteroatoms. The fourth-order valence-corrected chi connectivity index (χ4v) is 8.99. The Hall–Kier alpha value is -7.89. The van der Waals surface area contributed by atoms with Crippen LogP contribution in [0.1, 0.15) is 67.2 Å². The van der Waals surface area contributed by atoms with E-state index in [0.717, 1.165) is 10.8 Å². The molecular weight excluding hydrogens is 893 g/mol. The van der Waals surface area contributed by atoms with Gasteiger partial charge in [0, 0.05) is 61.9 Å². The van der Waals surface area contributed by atoms with Crippen molar-refractivity contribution >= 4 is 51.3 Å². The zero-order chi connectivity index (χ0) is 48.7. The molecule has 4 atom stereocenters. The van der Waals surface area contributed by atoms with E-state index in [9.17, 15) is 14.4 Å². The zero-order valence-corrected chi connectivity index (χ0v) is 39.9. The molecule has 360 valence electrons. The quantitative estimate of drug-likeness (QED) is 0.0986. The summed E-state index contributed by atoms with van der Waals surface area (Å²) in [6.07, 6.45) is 2.99. The van der Waals surface area contributed by atoms with Crippen LogP contribution in [0, 0.1) is 0 Å². The number of esters is 1. The molecule has 0 bridgehead atoms. The Labute approximate surface area is 403 Å². The van der Waals surface area contributed by atoms with Gasteiger partial charge in [-0.05, 0) is 90.1 Å². The maximum atomic E-state index is 14.5.